The minimum atomic E-state index is -0.219. The zero-order chi connectivity index (χ0) is 23.9. The maximum absolute atomic E-state index is 9.77. The molecule has 9 heteroatoms. The van der Waals surface area contributed by atoms with Gasteiger partial charge in [-0.1, -0.05) is 0 Å². The number of rotatable bonds is 5. The molecule has 0 amide bonds. The van der Waals surface area contributed by atoms with Crippen molar-refractivity contribution in [3.8, 4) is 17.0 Å². The third kappa shape index (κ3) is 4.23. The highest BCUT2D eigenvalue weighted by atomic mass is 16.5. The Bertz CT molecular complexity index is 1230. The minimum Gasteiger partial charge on any atom is -0.496 e. The van der Waals surface area contributed by atoms with E-state index < -0.39 is 0 Å². The Morgan fingerprint density at radius 1 is 1.17 bits per heavy atom. The summed E-state index contributed by atoms with van der Waals surface area (Å²) in [6.07, 6.45) is 4.33. The highest BCUT2D eigenvalue weighted by Crippen LogP contribution is 2.35. The Balaban J connectivity index is 1.46. The van der Waals surface area contributed by atoms with Gasteiger partial charge in [0.2, 0.25) is 0 Å². The first-order valence-corrected chi connectivity index (χ1v) is 12.3. The predicted molar refractivity (Wildman–Crippen MR) is 132 cm³/mol. The van der Waals surface area contributed by atoms with Crippen LogP contribution in [0.4, 0.5) is 5.82 Å². The second-order valence-electron chi connectivity index (χ2n) is 9.57. The summed E-state index contributed by atoms with van der Waals surface area (Å²) >= 11 is 0. The Morgan fingerprint density at radius 3 is 2.74 bits per heavy atom. The van der Waals surface area contributed by atoms with Crippen LogP contribution in [0, 0.1) is 0 Å². The number of anilines is 1. The third-order valence-corrected chi connectivity index (χ3v) is 7.24. The van der Waals surface area contributed by atoms with Crippen LogP contribution >= 0.6 is 0 Å². The molecule has 0 aliphatic carbocycles. The molecule has 4 atom stereocenters. The number of nitrogens with one attached hydrogen (secondary N) is 1. The lowest BCUT2D eigenvalue weighted by Gasteiger charge is -2.34. The molecule has 3 fully saturated rings. The van der Waals surface area contributed by atoms with Gasteiger partial charge in [-0.05, 0) is 44.0 Å². The molecule has 2 aromatic heterocycles. The van der Waals surface area contributed by atoms with E-state index in [9.17, 15) is 5.11 Å². The molecular formula is C26H31N5O4. The van der Waals surface area contributed by atoms with Gasteiger partial charge in [-0.2, -0.15) is 0 Å². The van der Waals surface area contributed by atoms with Crippen LogP contribution in [0.15, 0.2) is 30.5 Å². The number of hydrogen-bond acceptors (Lipinski definition) is 9. The lowest BCUT2D eigenvalue weighted by Crippen LogP contribution is -2.44. The lowest BCUT2D eigenvalue weighted by molar-refractivity contribution is -0.00545. The summed E-state index contributed by atoms with van der Waals surface area (Å²) in [6.45, 7) is 5.10. The zero-order valence-corrected chi connectivity index (χ0v) is 20.1. The first-order chi connectivity index (χ1) is 17.1. The van der Waals surface area contributed by atoms with Gasteiger partial charge in [0.25, 0.3) is 0 Å². The van der Waals surface area contributed by atoms with Crippen molar-refractivity contribution < 1.29 is 19.3 Å². The van der Waals surface area contributed by atoms with Crippen LogP contribution in [0.1, 0.15) is 37.3 Å². The predicted octanol–water partition coefficient (Wildman–Crippen LogP) is 2.61. The molecule has 3 saturated heterocycles. The van der Waals surface area contributed by atoms with Crippen LogP contribution in [0.2, 0.25) is 0 Å². The summed E-state index contributed by atoms with van der Waals surface area (Å²) in [5.41, 5.74) is 3.22. The summed E-state index contributed by atoms with van der Waals surface area (Å²) in [7, 11) is 1.60. The summed E-state index contributed by atoms with van der Waals surface area (Å²) in [5, 5.41) is 14.2. The van der Waals surface area contributed by atoms with Crippen molar-refractivity contribution in [3.63, 3.8) is 0 Å². The molecule has 5 heterocycles. The molecule has 3 aromatic rings. The molecule has 184 valence electrons. The smallest absolute Gasteiger partial charge is 0.161 e. The van der Waals surface area contributed by atoms with Crippen molar-refractivity contribution in [2.45, 2.75) is 50.7 Å². The van der Waals surface area contributed by atoms with E-state index in [1.54, 1.807) is 7.11 Å². The number of ether oxygens (including phenoxy) is 3. The van der Waals surface area contributed by atoms with Crippen LogP contribution in [0.5, 0.6) is 5.75 Å². The van der Waals surface area contributed by atoms with E-state index >= 15 is 0 Å². The summed E-state index contributed by atoms with van der Waals surface area (Å²) in [6, 6.07) is 7.83. The molecule has 0 radical (unpaired) electrons. The Labute approximate surface area is 204 Å². The maximum Gasteiger partial charge on any atom is 0.161 e. The number of morpholine rings is 2. The van der Waals surface area contributed by atoms with Gasteiger partial charge in [0.15, 0.2) is 5.82 Å². The lowest BCUT2D eigenvalue weighted by atomic mass is 10.1. The second kappa shape index (κ2) is 9.31. The normalized spacial score (nSPS) is 26.3. The van der Waals surface area contributed by atoms with Gasteiger partial charge in [-0.25, -0.2) is 9.97 Å². The molecule has 4 unspecified atom stereocenters. The SMILES string of the molecule is COc1ccc(-c2cc3nc(C4OCCNC4C)nc(N4CC5CCC(C4)O5)c3cn2)cc1CO. The van der Waals surface area contributed by atoms with Gasteiger partial charge in [0.1, 0.15) is 17.7 Å². The number of pyridine rings is 1. The Morgan fingerprint density at radius 2 is 2.00 bits per heavy atom. The van der Waals surface area contributed by atoms with E-state index in [4.69, 9.17) is 29.2 Å². The quantitative estimate of drug-likeness (QED) is 0.574. The largest absolute Gasteiger partial charge is 0.496 e. The van der Waals surface area contributed by atoms with E-state index in [-0.39, 0.29) is 31.0 Å². The van der Waals surface area contributed by atoms with Crippen molar-refractivity contribution in [2.24, 2.45) is 0 Å². The molecule has 6 rings (SSSR count). The molecule has 1 aromatic carbocycles. The van der Waals surface area contributed by atoms with Crippen molar-refractivity contribution in [1.29, 1.82) is 0 Å². The number of aliphatic hydroxyl groups excluding tert-OH is 1. The van der Waals surface area contributed by atoms with Crippen LogP contribution in [-0.4, -0.2) is 71.7 Å². The van der Waals surface area contributed by atoms with Gasteiger partial charge < -0.3 is 29.5 Å². The standard InChI is InChI=1S/C26H31N5O4/c1-15-24(34-8-7-27-15)25-29-22-10-21(16-3-6-23(33-2)17(9-16)14-32)28-11-20(22)26(30-25)31-12-18-4-5-19(13-31)35-18/h3,6,9-11,15,18-19,24,27,32H,4-5,7-8,12-14H2,1-2H3. The fraction of sp³-hybridized carbons (Fsp3) is 0.500. The second-order valence-corrected chi connectivity index (χ2v) is 9.57. The number of hydrogen-bond donors (Lipinski definition) is 2. The number of methoxy groups -OCH3 is 1. The fourth-order valence-corrected chi connectivity index (χ4v) is 5.42. The average Bonchev–Trinajstić information content (AvgIpc) is 3.24. The molecule has 2 N–H and O–H groups in total. The highest BCUT2D eigenvalue weighted by Gasteiger charge is 2.36. The minimum absolute atomic E-state index is 0.107. The molecule has 3 aliphatic heterocycles. The van der Waals surface area contributed by atoms with E-state index in [0.29, 0.717) is 18.2 Å². The topological polar surface area (TPSA) is 102 Å². The number of benzene rings is 1. The molecule has 2 bridgehead atoms. The summed E-state index contributed by atoms with van der Waals surface area (Å²) < 4.78 is 17.5. The van der Waals surface area contributed by atoms with Gasteiger partial charge in [-0.15, -0.1) is 0 Å². The molecule has 9 nitrogen and oxygen atoms in total. The Kier molecular flexibility index (Phi) is 6.01. The van der Waals surface area contributed by atoms with Crippen LogP contribution < -0.4 is 15.0 Å². The van der Waals surface area contributed by atoms with Gasteiger partial charge in [0.05, 0.1) is 49.1 Å². The number of fused-ring (bicyclic) bond motifs is 3. The average molecular weight is 478 g/mol. The molecule has 35 heavy (non-hydrogen) atoms. The van der Waals surface area contributed by atoms with Gasteiger partial charge in [-0.3, -0.25) is 4.98 Å². The van der Waals surface area contributed by atoms with E-state index in [1.807, 2.05) is 30.5 Å². The number of nitrogens with zero attached hydrogens (tertiary/aromatic N) is 4. The molecule has 3 aliphatic rings. The van der Waals surface area contributed by atoms with Crippen molar-refractivity contribution in [3.05, 3.63) is 41.9 Å². The molecule has 0 saturated carbocycles. The first-order valence-electron chi connectivity index (χ1n) is 12.3. The van der Waals surface area contributed by atoms with Crippen molar-refractivity contribution in [1.82, 2.24) is 20.3 Å². The molecular weight excluding hydrogens is 446 g/mol. The third-order valence-electron chi connectivity index (χ3n) is 7.24. The first kappa shape index (κ1) is 22.6. The fourth-order valence-electron chi connectivity index (χ4n) is 5.42. The number of aliphatic hydroxyl groups is 1. The van der Waals surface area contributed by atoms with Crippen LogP contribution in [0.3, 0.4) is 0 Å². The summed E-state index contributed by atoms with van der Waals surface area (Å²) in [4.78, 5) is 17.1. The van der Waals surface area contributed by atoms with E-state index in [0.717, 1.165) is 66.0 Å². The van der Waals surface area contributed by atoms with Crippen molar-refractivity contribution in [2.75, 3.05) is 38.3 Å². The van der Waals surface area contributed by atoms with Crippen LogP contribution in [-0.2, 0) is 16.1 Å². The maximum atomic E-state index is 9.77. The monoisotopic (exact) mass is 477 g/mol. The Hall–Kier alpha value is -2.85. The van der Waals surface area contributed by atoms with E-state index in [2.05, 4.69) is 17.1 Å². The molecule has 0 spiro atoms. The summed E-state index contributed by atoms with van der Waals surface area (Å²) in [5.74, 6) is 2.24. The zero-order valence-electron chi connectivity index (χ0n) is 20.1. The van der Waals surface area contributed by atoms with E-state index in [1.165, 1.54) is 0 Å². The number of aromatic nitrogens is 3. The van der Waals surface area contributed by atoms with Gasteiger partial charge >= 0.3 is 0 Å². The van der Waals surface area contributed by atoms with Gasteiger partial charge in [0, 0.05) is 43.0 Å². The van der Waals surface area contributed by atoms with Crippen LogP contribution in [0.25, 0.3) is 22.2 Å². The highest BCUT2D eigenvalue weighted by molar-refractivity contribution is 5.91. The van der Waals surface area contributed by atoms with Crippen molar-refractivity contribution >= 4 is 16.7 Å².